The summed E-state index contributed by atoms with van der Waals surface area (Å²) in [6.07, 6.45) is 3.48. The van der Waals surface area contributed by atoms with E-state index in [-0.39, 0.29) is 29.7 Å². The van der Waals surface area contributed by atoms with Crippen LogP contribution in [0, 0.1) is 0 Å². The minimum absolute atomic E-state index is 0.152. The Kier molecular flexibility index (Phi) is 12.2. The van der Waals surface area contributed by atoms with Crippen molar-refractivity contribution in [2.75, 3.05) is 13.1 Å². The number of rotatable bonds is 15. The maximum absolute atomic E-state index is 13.8. The van der Waals surface area contributed by atoms with Crippen LogP contribution in [-0.2, 0) is 32.6 Å². The number of amides is 2. The number of nitrogens with one attached hydrogen (secondary N) is 2. The maximum atomic E-state index is 13.8. The second-order valence-corrected chi connectivity index (χ2v) is 11.8. The van der Waals surface area contributed by atoms with E-state index in [1.807, 2.05) is 42.5 Å². The van der Waals surface area contributed by atoms with Crippen molar-refractivity contribution in [3.8, 4) is 0 Å². The molecule has 0 saturated carbocycles. The van der Waals surface area contributed by atoms with Crippen LogP contribution >= 0.6 is 11.6 Å². The third-order valence-electron chi connectivity index (χ3n) is 6.54. The number of nitrogens with zero attached hydrogens (tertiary/aromatic N) is 1. The largest absolute Gasteiger partial charge is 0.354 e. The first-order valence-electron chi connectivity index (χ1n) is 13.7. The molecule has 2 amide bonds. The van der Waals surface area contributed by atoms with E-state index >= 15 is 0 Å². The molecule has 0 aliphatic heterocycles. The fourth-order valence-corrected chi connectivity index (χ4v) is 5.57. The van der Waals surface area contributed by atoms with Crippen LogP contribution in [-0.4, -0.2) is 38.2 Å². The van der Waals surface area contributed by atoms with E-state index in [9.17, 15) is 18.0 Å². The lowest BCUT2D eigenvalue weighted by Crippen LogP contribution is -2.43. The third-order valence-corrected chi connectivity index (χ3v) is 8.35. The van der Waals surface area contributed by atoms with Crippen molar-refractivity contribution in [2.24, 2.45) is 0 Å². The van der Waals surface area contributed by atoms with E-state index in [0.29, 0.717) is 24.5 Å². The highest BCUT2D eigenvalue weighted by molar-refractivity contribution is 7.89. The lowest BCUT2D eigenvalue weighted by Gasteiger charge is -2.32. The topological polar surface area (TPSA) is 95.6 Å². The molecule has 0 bridgehead atoms. The summed E-state index contributed by atoms with van der Waals surface area (Å²) >= 11 is 6.09. The van der Waals surface area contributed by atoms with Gasteiger partial charge in [-0.15, -0.1) is 0 Å². The molecular formula is C31H38ClN3O4S. The summed E-state index contributed by atoms with van der Waals surface area (Å²) in [7, 11) is -3.55. The van der Waals surface area contributed by atoms with Gasteiger partial charge in [-0.3, -0.25) is 9.59 Å². The molecule has 0 radical (unpaired) electrons. The molecule has 0 heterocycles. The highest BCUT2D eigenvalue weighted by Gasteiger charge is 2.31. The number of aryl methyl sites for hydroxylation is 1. The summed E-state index contributed by atoms with van der Waals surface area (Å²) < 4.78 is 27.0. The Morgan fingerprint density at radius 1 is 0.875 bits per heavy atom. The summed E-state index contributed by atoms with van der Waals surface area (Å²) in [5.41, 5.74) is 2.42. The van der Waals surface area contributed by atoms with E-state index in [2.05, 4.69) is 17.0 Å². The standard InChI is InChI=1S/C31H38ClN3O4S/c1-3-5-9-22-33-31(37)30(26-10-7-6-8-11-26)35(23-25-12-17-27(32)18-13-25)29(36)21-16-24-14-19-28(20-15-24)40(38,39)34-4-2/h6-8,10-15,17-20,30,34H,3-5,9,16,21-23H2,1-2H3,(H,33,37). The average Bonchev–Trinajstić information content (AvgIpc) is 2.95. The molecule has 0 saturated heterocycles. The molecule has 3 aromatic carbocycles. The zero-order valence-electron chi connectivity index (χ0n) is 23.1. The van der Waals surface area contributed by atoms with Gasteiger partial charge in [0.15, 0.2) is 0 Å². The summed E-state index contributed by atoms with van der Waals surface area (Å²) in [4.78, 5) is 29.2. The average molecular weight is 584 g/mol. The van der Waals surface area contributed by atoms with E-state index in [1.54, 1.807) is 48.2 Å². The lowest BCUT2D eigenvalue weighted by atomic mass is 10.0. The molecule has 0 spiro atoms. The minimum Gasteiger partial charge on any atom is -0.354 e. The summed E-state index contributed by atoms with van der Waals surface area (Å²) in [6.45, 7) is 4.91. The van der Waals surface area contributed by atoms with Crippen molar-refractivity contribution in [2.45, 2.75) is 63.4 Å². The molecule has 0 aliphatic carbocycles. The second kappa shape index (κ2) is 15.6. The van der Waals surface area contributed by atoms with E-state index < -0.39 is 16.1 Å². The highest BCUT2D eigenvalue weighted by atomic mass is 35.5. The van der Waals surface area contributed by atoms with Crippen molar-refractivity contribution < 1.29 is 18.0 Å². The quantitative estimate of drug-likeness (QED) is 0.226. The van der Waals surface area contributed by atoms with E-state index in [0.717, 1.165) is 36.0 Å². The van der Waals surface area contributed by atoms with Gasteiger partial charge in [0.25, 0.3) is 0 Å². The van der Waals surface area contributed by atoms with Crippen molar-refractivity contribution in [3.05, 3.63) is 101 Å². The molecule has 1 unspecified atom stereocenters. The monoisotopic (exact) mass is 583 g/mol. The normalized spacial score (nSPS) is 12.1. The summed E-state index contributed by atoms with van der Waals surface area (Å²) in [5.74, 6) is -0.403. The van der Waals surface area contributed by atoms with Gasteiger partial charge in [-0.1, -0.05) is 92.9 Å². The van der Waals surface area contributed by atoms with Crippen LogP contribution in [0.15, 0.2) is 83.8 Å². The molecule has 2 N–H and O–H groups in total. The van der Waals surface area contributed by atoms with Crippen LogP contribution in [0.1, 0.15) is 62.3 Å². The third kappa shape index (κ3) is 9.18. The minimum atomic E-state index is -3.55. The predicted octanol–water partition coefficient (Wildman–Crippen LogP) is 5.65. The second-order valence-electron chi connectivity index (χ2n) is 9.60. The Bertz CT molecular complexity index is 1330. The van der Waals surface area contributed by atoms with Gasteiger partial charge in [-0.05, 0) is 53.8 Å². The number of carbonyl (C=O) groups is 2. The fraction of sp³-hybridized carbons (Fsp3) is 0.355. The summed E-state index contributed by atoms with van der Waals surface area (Å²) in [6, 6.07) is 22.3. The molecule has 214 valence electrons. The van der Waals surface area contributed by atoms with Crippen LogP contribution < -0.4 is 10.0 Å². The number of halogens is 1. The Labute approximate surface area is 243 Å². The Morgan fingerprint density at radius 3 is 2.15 bits per heavy atom. The number of sulfonamides is 1. The zero-order valence-corrected chi connectivity index (χ0v) is 24.7. The van der Waals surface area contributed by atoms with Gasteiger partial charge in [-0.25, -0.2) is 13.1 Å². The molecule has 9 heteroatoms. The Hall–Kier alpha value is -3.20. The predicted molar refractivity (Wildman–Crippen MR) is 159 cm³/mol. The zero-order chi connectivity index (χ0) is 29.0. The van der Waals surface area contributed by atoms with E-state index in [4.69, 9.17) is 11.6 Å². The molecule has 0 aromatic heterocycles. The van der Waals surface area contributed by atoms with Crippen molar-refractivity contribution in [1.82, 2.24) is 14.9 Å². The Balaban J connectivity index is 1.86. The van der Waals surface area contributed by atoms with Gasteiger partial charge in [0.1, 0.15) is 6.04 Å². The van der Waals surface area contributed by atoms with Crippen LogP contribution in [0.4, 0.5) is 0 Å². The van der Waals surface area contributed by atoms with Crippen molar-refractivity contribution >= 4 is 33.4 Å². The molecule has 7 nitrogen and oxygen atoms in total. The van der Waals surface area contributed by atoms with E-state index in [1.165, 1.54) is 0 Å². The number of hydrogen-bond acceptors (Lipinski definition) is 4. The number of hydrogen-bond donors (Lipinski definition) is 2. The first kappa shape index (κ1) is 31.3. The van der Waals surface area contributed by atoms with Crippen LogP contribution in [0.2, 0.25) is 5.02 Å². The highest BCUT2D eigenvalue weighted by Crippen LogP contribution is 2.26. The van der Waals surface area contributed by atoms with Gasteiger partial charge in [0, 0.05) is 31.1 Å². The molecular weight excluding hydrogens is 546 g/mol. The molecule has 0 fully saturated rings. The number of carbonyl (C=O) groups excluding carboxylic acids is 2. The fourth-order valence-electron chi connectivity index (χ4n) is 4.40. The van der Waals surface area contributed by atoms with Crippen LogP contribution in [0.3, 0.4) is 0 Å². The van der Waals surface area contributed by atoms with Gasteiger partial charge in [0.05, 0.1) is 4.90 Å². The number of unbranched alkanes of at least 4 members (excludes halogenated alkanes) is 2. The van der Waals surface area contributed by atoms with Crippen molar-refractivity contribution in [3.63, 3.8) is 0 Å². The van der Waals surface area contributed by atoms with Gasteiger partial charge in [-0.2, -0.15) is 0 Å². The first-order valence-corrected chi connectivity index (χ1v) is 15.6. The van der Waals surface area contributed by atoms with Crippen molar-refractivity contribution in [1.29, 1.82) is 0 Å². The molecule has 3 rings (SSSR count). The Morgan fingerprint density at radius 2 is 1.52 bits per heavy atom. The molecule has 1 atom stereocenters. The SMILES string of the molecule is CCCCCNC(=O)C(c1ccccc1)N(Cc1ccc(Cl)cc1)C(=O)CCc1ccc(S(=O)(=O)NCC)cc1. The number of benzene rings is 3. The lowest BCUT2D eigenvalue weighted by molar-refractivity contribution is -0.141. The maximum Gasteiger partial charge on any atom is 0.247 e. The molecule has 0 aliphatic rings. The smallest absolute Gasteiger partial charge is 0.247 e. The van der Waals surface area contributed by atoms with Gasteiger partial charge >= 0.3 is 0 Å². The van der Waals surface area contributed by atoms with Gasteiger partial charge in [0.2, 0.25) is 21.8 Å². The molecule has 40 heavy (non-hydrogen) atoms. The molecule has 3 aromatic rings. The summed E-state index contributed by atoms with van der Waals surface area (Å²) in [5, 5.41) is 3.63. The van der Waals surface area contributed by atoms with Crippen LogP contribution in [0.25, 0.3) is 0 Å². The van der Waals surface area contributed by atoms with Crippen LogP contribution in [0.5, 0.6) is 0 Å². The first-order chi connectivity index (χ1) is 19.2. The van der Waals surface area contributed by atoms with Gasteiger partial charge < -0.3 is 10.2 Å².